The van der Waals surface area contributed by atoms with Crippen LogP contribution in [0, 0.1) is 0 Å². The minimum Gasteiger partial charge on any atom is -0.434 e. The standard InChI is InChI=1S/C18H16F2N2O4/c19-17(20)25-14-7-3-1-5-12(14)11-21-16(23)9-10-22-13-6-2-4-8-15(13)26-18(22)24/h1-8,17H,9-11H2,(H,21,23). The largest absolute Gasteiger partial charge is 0.434 e. The van der Waals surface area contributed by atoms with E-state index in [1.165, 1.54) is 10.6 Å². The number of rotatable bonds is 7. The first kappa shape index (κ1) is 17.7. The van der Waals surface area contributed by atoms with E-state index >= 15 is 0 Å². The third kappa shape index (κ3) is 4.08. The summed E-state index contributed by atoms with van der Waals surface area (Å²) in [5.41, 5.74) is 1.50. The number of amides is 1. The highest BCUT2D eigenvalue weighted by Crippen LogP contribution is 2.20. The topological polar surface area (TPSA) is 73.5 Å². The predicted molar refractivity (Wildman–Crippen MR) is 90.0 cm³/mol. The van der Waals surface area contributed by atoms with Gasteiger partial charge in [0.05, 0.1) is 5.52 Å². The van der Waals surface area contributed by atoms with E-state index in [1.807, 2.05) is 0 Å². The van der Waals surface area contributed by atoms with Crippen LogP contribution in [-0.2, 0) is 17.9 Å². The first-order chi connectivity index (χ1) is 12.5. The maximum atomic E-state index is 12.4. The molecule has 0 unspecified atom stereocenters. The van der Waals surface area contributed by atoms with Crippen LogP contribution in [0.2, 0.25) is 0 Å². The molecule has 0 saturated carbocycles. The lowest BCUT2D eigenvalue weighted by atomic mass is 10.2. The van der Waals surface area contributed by atoms with Crippen molar-refractivity contribution in [3.63, 3.8) is 0 Å². The van der Waals surface area contributed by atoms with Crippen molar-refractivity contribution in [1.82, 2.24) is 9.88 Å². The Hall–Kier alpha value is -3.16. The lowest BCUT2D eigenvalue weighted by Gasteiger charge is -2.11. The number of fused-ring (bicyclic) bond motifs is 1. The fraction of sp³-hybridized carbons (Fsp3) is 0.222. The number of halogens is 2. The van der Waals surface area contributed by atoms with Gasteiger partial charge in [0, 0.05) is 25.1 Å². The van der Waals surface area contributed by atoms with Crippen LogP contribution in [-0.4, -0.2) is 17.1 Å². The third-order valence-electron chi connectivity index (χ3n) is 3.80. The van der Waals surface area contributed by atoms with E-state index in [2.05, 4.69) is 10.1 Å². The van der Waals surface area contributed by atoms with E-state index in [9.17, 15) is 18.4 Å². The Morgan fingerprint density at radius 2 is 1.88 bits per heavy atom. The number of oxazole rings is 1. The van der Waals surface area contributed by atoms with Gasteiger partial charge in [-0.15, -0.1) is 0 Å². The monoisotopic (exact) mass is 362 g/mol. The van der Waals surface area contributed by atoms with Gasteiger partial charge >= 0.3 is 12.4 Å². The van der Waals surface area contributed by atoms with Crippen molar-refractivity contribution in [3.05, 3.63) is 64.6 Å². The van der Waals surface area contributed by atoms with E-state index in [0.717, 1.165) is 0 Å². The number of ether oxygens (including phenoxy) is 1. The van der Waals surface area contributed by atoms with Gasteiger partial charge in [-0.25, -0.2) is 4.79 Å². The normalized spacial score (nSPS) is 11.0. The second-order valence-corrected chi connectivity index (χ2v) is 5.50. The molecule has 0 aliphatic carbocycles. The van der Waals surface area contributed by atoms with Crippen LogP contribution >= 0.6 is 0 Å². The first-order valence-corrected chi connectivity index (χ1v) is 7.92. The first-order valence-electron chi connectivity index (χ1n) is 7.92. The van der Waals surface area contributed by atoms with Crippen molar-refractivity contribution in [2.45, 2.75) is 26.1 Å². The molecule has 26 heavy (non-hydrogen) atoms. The number of carbonyl (C=O) groups excluding carboxylic acids is 1. The number of aromatic nitrogens is 1. The Morgan fingerprint density at radius 3 is 2.69 bits per heavy atom. The fourth-order valence-corrected chi connectivity index (χ4v) is 2.58. The predicted octanol–water partition coefficient (Wildman–Crippen LogP) is 2.90. The lowest BCUT2D eigenvalue weighted by molar-refractivity contribution is -0.121. The Labute approximate surface area is 147 Å². The maximum absolute atomic E-state index is 12.4. The Morgan fingerprint density at radius 1 is 1.15 bits per heavy atom. The molecule has 6 nitrogen and oxygen atoms in total. The van der Waals surface area contributed by atoms with Crippen molar-refractivity contribution >= 4 is 17.0 Å². The van der Waals surface area contributed by atoms with E-state index in [-0.39, 0.29) is 31.2 Å². The summed E-state index contributed by atoms with van der Waals surface area (Å²) in [6.07, 6.45) is 0.0430. The SMILES string of the molecule is O=C(CCn1c(=O)oc2ccccc21)NCc1ccccc1OC(F)F. The quantitative estimate of drug-likeness (QED) is 0.701. The molecule has 1 N–H and O–H groups in total. The van der Waals surface area contributed by atoms with Crippen molar-refractivity contribution in [1.29, 1.82) is 0 Å². The average Bonchev–Trinajstić information content (AvgIpc) is 2.94. The minimum atomic E-state index is -2.94. The number of para-hydroxylation sites is 3. The number of hydrogen-bond acceptors (Lipinski definition) is 4. The molecular weight excluding hydrogens is 346 g/mol. The Bertz CT molecular complexity index is 965. The molecule has 0 aliphatic rings. The zero-order chi connectivity index (χ0) is 18.5. The summed E-state index contributed by atoms with van der Waals surface area (Å²) in [7, 11) is 0. The molecule has 8 heteroatoms. The number of nitrogens with one attached hydrogen (secondary N) is 1. The highest BCUT2D eigenvalue weighted by atomic mass is 19.3. The Kier molecular flexibility index (Phi) is 5.31. The number of aryl methyl sites for hydroxylation is 1. The summed E-state index contributed by atoms with van der Waals surface area (Å²) in [4.78, 5) is 23.9. The molecule has 0 saturated heterocycles. The van der Waals surface area contributed by atoms with Crippen LogP contribution in [0.3, 0.4) is 0 Å². The van der Waals surface area contributed by atoms with Gasteiger partial charge in [0.2, 0.25) is 5.91 Å². The molecule has 0 radical (unpaired) electrons. The van der Waals surface area contributed by atoms with Gasteiger partial charge in [0.1, 0.15) is 5.75 Å². The van der Waals surface area contributed by atoms with Crippen LogP contribution < -0.4 is 15.8 Å². The summed E-state index contributed by atoms with van der Waals surface area (Å²) in [6, 6.07) is 13.2. The number of alkyl halides is 2. The highest BCUT2D eigenvalue weighted by Gasteiger charge is 2.12. The number of nitrogens with zero attached hydrogens (tertiary/aromatic N) is 1. The molecule has 0 spiro atoms. The molecule has 0 bridgehead atoms. The molecule has 1 aromatic heterocycles. The molecule has 3 rings (SSSR count). The molecule has 3 aromatic rings. The van der Waals surface area contributed by atoms with Crippen LogP contribution in [0.25, 0.3) is 11.1 Å². The van der Waals surface area contributed by atoms with Crippen LogP contribution in [0.5, 0.6) is 5.75 Å². The average molecular weight is 362 g/mol. The van der Waals surface area contributed by atoms with E-state index < -0.39 is 12.4 Å². The lowest BCUT2D eigenvalue weighted by Crippen LogP contribution is -2.26. The van der Waals surface area contributed by atoms with E-state index in [4.69, 9.17) is 4.42 Å². The van der Waals surface area contributed by atoms with Gasteiger partial charge < -0.3 is 14.5 Å². The van der Waals surface area contributed by atoms with Gasteiger partial charge in [0.25, 0.3) is 0 Å². The van der Waals surface area contributed by atoms with Gasteiger partial charge in [0.15, 0.2) is 5.58 Å². The zero-order valence-electron chi connectivity index (χ0n) is 13.7. The van der Waals surface area contributed by atoms with Crippen molar-refractivity contribution in [2.75, 3.05) is 0 Å². The Balaban J connectivity index is 1.60. The minimum absolute atomic E-state index is 0.0137. The van der Waals surface area contributed by atoms with Gasteiger partial charge in [-0.05, 0) is 18.2 Å². The highest BCUT2D eigenvalue weighted by molar-refractivity contribution is 5.76. The molecule has 0 fully saturated rings. The van der Waals surface area contributed by atoms with E-state index in [1.54, 1.807) is 42.5 Å². The summed E-state index contributed by atoms with van der Waals surface area (Å²) in [6.45, 7) is -2.74. The van der Waals surface area contributed by atoms with Crippen molar-refractivity contribution in [2.24, 2.45) is 0 Å². The summed E-state index contributed by atoms with van der Waals surface area (Å²) in [5, 5.41) is 2.63. The zero-order valence-corrected chi connectivity index (χ0v) is 13.7. The molecule has 2 aromatic carbocycles. The molecule has 0 aliphatic heterocycles. The number of carbonyl (C=O) groups is 1. The number of benzene rings is 2. The third-order valence-corrected chi connectivity index (χ3v) is 3.80. The van der Waals surface area contributed by atoms with Crippen LogP contribution in [0.4, 0.5) is 8.78 Å². The summed E-state index contributed by atoms with van der Waals surface area (Å²) < 4.78 is 35.7. The molecule has 0 atom stereocenters. The van der Waals surface area contributed by atoms with Gasteiger partial charge in [-0.3, -0.25) is 9.36 Å². The second kappa shape index (κ2) is 7.81. The molecule has 1 amide bonds. The van der Waals surface area contributed by atoms with Gasteiger partial charge in [-0.1, -0.05) is 30.3 Å². The van der Waals surface area contributed by atoms with Crippen LogP contribution in [0.1, 0.15) is 12.0 Å². The fourth-order valence-electron chi connectivity index (χ4n) is 2.58. The van der Waals surface area contributed by atoms with Crippen LogP contribution in [0.15, 0.2) is 57.7 Å². The molecular formula is C18H16F2N2O4. The molecule has 136 valence electrons. The van der Waals surface area contributed by atoms with Crippen molar-refractivity contribution in [3.8, 4) is 5.75 Å². The summed E-state index contributed by atoms with van der Waals surface area (Å²) in [5.74, 6) is -0.844. The smallest absolute Gasteiger partial charge is 0.419 e. The maximum Gasteiger partial charge on any atom is 0.419 e. The second-order valence-electron chi connectivity index (χ2n) is 5.50. The number of hydrogen-bond donors (Lipinski definition) is 1. The van der Waals surface area contributed by atoms with Crippen molar-refractivity contribution < 1.29 is 22.7 Å². The summed E-state index contributed by atoms with van der Waals surface area (Å²) >= 11 is 0. The van der Waals surface area contributed by atoms with E-state index in [0.29, 0.717) is 16.7 Å². The molecule has 1 heterocycles. The van der Waals surface area contributed by atoms with Gasteiger partial charge in [-0.2, -0.15) is 8.78 Å².